The Labute approximate surface area is 200 Å². The molecule has 3 amide bonds. The van der Waals surface area contributed by atoms with Crippen LogP contribution in [0.3, 0.4) is 0 Å². The molecule has 2 aromatic carbocycles. The number of aryl methyl sites for hydroxylation is 3. The highest BCUT2D eigenvalue weighted by Gasteiger charge is 2.21. The number of hydrogen-bond acceptors (Lipinski definition) is 7. The Morgan fingerprint density at radius 1 is 1.03 bits per heavy atom. The Morgan fingerprint density at radius 2 is 1.86 bits per heavy atom. The van der Waals surface area contributed by atoms with Crippen LogP contribution in [0.5, 0.6) is 5.75 Å². The number of benzene rings is 2. The summed E-state index contributed by atoms with van der Waals surface area (Å²) in [7, 11) is 1.64. The van der Waals surface area contributed by atoms with Gasteiger partial charge in [0.2, 0.25) is 5.91 Å². The third-order valence-electron chi connectivity index (χ3n) is 5.75. The van der Waals surface area contributed by atoms with Crippen molar-refractivity contribution in [3.63, 3.8) is 0 Å². The minimum absolute atomic E-state index is 0.244. The van der Waals surface area contributed by atoms with Crippen molar-refractivity contribution in [1.29, 1.82) is 0 Å². The molecule has 0 aliphatic heterocycles. The molecule has 2 aromatic heterocycles. The van der Waals surface area contributed by atoms with Gasteiger partial charge in [0.05, 0.1) is 18.4 Å². The van der Waals surface area contributed by atoms with E-state index in [-0.39, 0.29) is 11.4 Å². The van der Waals surface area contributed by atoms with Gasteiger partial charge in [-0.05, 0) is 67.3 Å². The number of aromatic nitrogens is 3. The highest BCUT2D eigenvalue weighted by atomic mass is 16.5. The summed E-state index contributed by atoms with van der Waals surface area (Å²) >= 11 is 0. The fourth-order valence-corrected chi connectivity index (χ4v) is 4.08. The molecule has 4 aromatic rings. The molecule has 0 saturated carbocycles. The van der Waals surface area contributed by atoms with Gasteiger partial charge >= 0.3 is 6.03 Å². The quantitative estimate of drug-likeness (QED) is 0.400. The molecule has 5 rings (SSSR count). The molecule has 4 N–H and O–H groups in total. The lowest BCUT2D eigenvalue weighted by atomic mass is 9.89. The number of carbonyl (C=O) groups is 2. The fourth-order valence-electron chi connectivity index (χ4n) is 4.08. The smallest absolute Gasteiger partial charge is 0.324 e. The van der Waals surface area contributed by atoms with Crippen LogP contribution in [0.15, 0.2) is 53.2 Å². The molecule has 2 heterocycles. The lowest BCUT2D eigenvalue weighted by Crippen LogP contribution is -2.20. The summed E-state index contributed by atoms with van der Waals surface area (Å²) in [4.78, 5) is 33.9. The van der Waals surface area contributed by atoms with Gasteiger partial charge in [-0.25, -0.2) is 14.8 Å². The number of hydrogen-bond donors (Lipinski definition) is 3. The highest BCUT2D eigenvalue weighted by molar-refractivity contribution is 6.02. The van der Waals surface area contributed by atoms with Crippen LogP contribution in [0.4, 0.5) is 16.3 Å². The zero-order chi connectivity index (χ0) is 24.5. The molecule has 0 radical (unpaired) electrons. The third-order valence-corrected chi connectivity index (χ3v) is 5.75. The summed E-state index contributed by atoms with van der Waals surface area (Å²) in [6, 6.07) is 11.7. The number of nitrogens with one attached hydrogen (secondary N) is 2. The molecule has 10 heteroatoms. The van der Waals surface area contributed by atoms with Crippen LogP contribution in [-0.2, 0) is 12.8 Å². The van der Waals surface area contributed by atoms with Gasteiger partial charge in [0, 0.05) is 29.1 Å². The van der Waals surface area contributed by atoms with Crippen molar-refractivity contribution in [3.8, 4) is 28.4 Å². The van der Waals surface area contributed by atoms with Crippen LogP contribution in [0.1, 0.15) is 27.2 Å². The summed E-state index contributed by atoms with van der Waals surface area (Å²) in [5.41, 5.74) is 10.6. The maximum absolute atomic E-state index is 12.4. The number of anilines is 2. The van der Waals surface area contributed by atoms with E-state index in [0.29, 0.717) is 22.8 Å². The minimum atomic E-state index is -0.625. The molecular weight excluding hydrogens is 448 g/mol. The van der Waals surface area contributed by atoms with E-state index in [1.54, 1.807) is 38.4 Å². The molecule has 0 spiro atoms. The maximum Gasteiger partial charge on any atom is 0.324 e. The minimum Gasteiger partial charge on any atom is -0.497 e. The summed E-state index contributed by atoms with van der Waals surface area (Å²) in [6.07, 6.45) is 3.42. The first kappa shape index (κ1) is 22.1. The second-order valence-corrected chi connectivity index (χ2v) is 8.12. The zero-order valence-corrected chi connectivity index (χ0v) is 19.1. The lowest BCUT2D eigenvalue weighted by molar-refractivity contribution is 0.100. The first-order valence-corrected chi connectivity index (χ1v) is 10.9. The van der Waals surface area contributed by atoms with Crippen LogP contribution >= 0.6 is 0 Å². The monoisotopic (exact) mass is 470 g/mol. The molecule has 35 heavy (non-hydrogen) atoms. The molecule has 0 atom stereocenters. The van der Waals surface area contributed by atoms with Gasteiger partial charge in [0.25, 0.3) is 0 Å². The number of carbonyl (C=O) groups excluding carboxylic acids is 2. The Kier molecular flexibility index (Phi) is 5.61. The molecule has 176 valence electrons. The van der Waals surface area contributed by atoms with E-state index in [9.17, 15) is 9.59 Å². The number of urea groups is 1. The van der Waals surface area contributed by atoms with E-state index in [2.05, 4.69) is 20.8 Å². The number of fused-ring (bicyclic) bond motifs is 3. The molecule has 10 nitrogen and oxygen atoms in total. The van der Waals surface area contributed by atoms with Crippen LogP contribution in [0, 0.1) is 6.92 Å². The molecule has 0 saturated heterocycles. The first-order chi connectivity index (χ1) is 16.9. The van der Waals surface area contributed by atoms with E-state index in [4.69, 9.17) is 20.0 Å². The van der Waals surface area contributed by atoms with E-state index in [1.807, 2.05) is 18.2 Å². The summed E-state index contributed by atoms with van der Waals surface area (Å²) in [6.45, 7) is 1.72. The van der Waals surface area contributed by atoms with Crippen molar-refractivity contribution < 1.29 is 18.8 Å². The summed E-state index contributed by atoms with van der Waals surface area (Å²) in [5, 5.41) is 9.03. The first-order valence-electron chi connectivity index (χ1n) is 10.9. The van der Waals surface area contributed by atoms with E-state index < -0.39 is 11.9 Å². The molecular formula is C25H22N6O4. The van der Waals surface area contributed by atoms with Crippen LogP contribution in [0.2, 0.25) is 0 Å². The predicted octanol–water partition coefficient (Wildman–Crippen LogP) is 3.96. The summed E-state index contributed by atoms with van der Waals surface area (Å²) < 4.78 is 10.3. The predicted molar refractivity (Wildman–Crippen MR) is 129 cm³/mol. The number of nitrogens with zero attached hydrogens (tertiary/aromatic N) is 3. The molecule has 0 fully saturated rings. The van der Waals surface area contributed by atoms with Crippen LogP contribution < -0.4 is 21.1 Å². The average molecular weight is 470 g/mol. The standard InChI is InChI=1S/C25H22N6O4/c1-13-9-21(31-35-13)29-25(33)28-16-5-7-19(23(26)32)20(11-16)24-27-12-15-4-3-14-10-17(34-2)6-8-18(14)22(15)30-24/h5-12H,3-4H2,1-2H3,(H2,26,32)(H2,28,29,31,33). The lowest BCUT2D eigenvalue weighted by Gasteiger charge is -2.20. The second kappa shape index (κ2) is 8.90. The molecule has 1 aliphatic rings. The average Bonchev–Trinajstić information content (AvgIpc) is 3.27. The molecule has 0 bridgehead atoms. The number of nitrogens with two attached hydrogens (primary N) is 1. The van der Waals surface area contributed by atoms with E-state index >= 15 is 0 Å². The fraction of sp³-hybridized carbons (Fsp3) is 0.160. The number of primary amides is 1. The largest absolute Gasteiger partial charge is 0.497 e. The van der Waals surface area contributed by atoms with Gasteiger partial charge in [-0.1, -0.05) is 5.16 Å². The van der Waals surface area contributed by atoms with Crippen LogP contribution in [0.25, 0.3) is 22.6 Å². The van der Waals surface area contributed by atoms with Gasteiger partial charge < -0.3 is 20.3 Å². The third kappa shape index (κ3) is 4.41. The summed E-state index contributed by atoms with van der Waals surface area (Å²) in [5.74, 6) is 1.34. The van der Waals surface area contributed by atoms with Gasteiger partial charge in [-0.2, -0.15) is 0 Å². The van der Waals surface area contributed by atoms with Crippen molar-refractivity contribution >= 4 is 23.4 Å². The van der Waals surface area contributed by atoms with E-state index in [1.165, 1.54) is 6.07 Å². The number of ether oxygens (including phenoxy) is 1. The normalized spacial score (nSPS) is 11.8. The van der Waals surface area contributed by atoms with Crippen molar-refractivity contribution in [2.24, 2.45) is 5.73 Å². The second-order valence-electron chi connectivity index (χ2n) is 8.12. The van der Waals surface area contributed by atoms with Crippen molar-refractivity contribution in [2.75, 3.05) is 17.7 Å². The topological polar surface area (TPSA) is 145 Å². The van der Waals surface area contributed by atoms with Crippen molar-refractivity contribution in [3.05, 3.63) is 71.1 Å². The maximum atomic E-state index is 12.4. The zero-order valence-electron chi connectivity index (χ0n) is 19.1. The van der Waals surface area contributed by atoms with Gasteiger partial charge in [0.1, 0.15) is 11.5 Å². The Bertz CT molecular complexity index is 1460. The highest BCUT2D eigenvalue weighted by Crippen LogP contribution is 2.35. The van der Waals surface area contributed by atoms with Crippen LogP contribution in [-0.4, -0.2) is 34.2 Å². The number of rotatable bonds is 5. The van der Waals surface area contributed by atoms with Gasteiger partial charge in [0.15, 0.2) is 11.6 Å². The Balaban J connectivity index is 1.50. The molecule has 1 aliphatic carbocycles. The van der Waals surface area contributed by atoms with Gasteiger partial charge in [-0.3, -0.25) is 10.1 Å². The van der Waals surface area contributed by atoms with E-state index in [0.717, 1.165) is 41.0 Å². The number of amides is 3. The Morgan fingerprint density at radius 3 is 2.60 bits per heavy atom. The van der Waals surface area contributed by atoms with Crippen molar-refractivity contribution in [1.82, 2.24) is 15.1 Å². The molecule has 0 unspecified atom stereocenters. The SMILES string of the molecule is COc1ccc2c(c1)CCc1cnc(-c3cc(NC(=O)Nc4cc(C)on4)ccc3C(N)=O)nc1-2. The van der Waals surface area contributed by atoms with Gasteiger partial charge in [-0.15, -0.1) is 0 Å². The number of methoxy groups -OCH3 is 1. The van der Waals surface area contributed by atoms with Crippen molar-refractivity contribution in [2.45, 2.75) is 19.8 Å². The Hall–Kier alpha value is -4.73.